The minimum Gasteiger partial charge on any atom is -0.392 e. The zero-order valence-electron chi connectivity index (χ0n) is 10.7. The van der Waals surface area contributed by atoms with Gasteiger partial charge in [0.15, 0.2) is 0 Å². The van der Waals surface area contributed by atoms with Gasteiger partial charge in [0.2, 0.25) is 10.0 Å². The Labute approximate surface area is 118 Å². The van der Waals surface area contributed by atoms with Crippen molar-refractivity contribution in [3.05, 3.63) is 28.8 Å². The van der Waals surface area contributed by atoms with E-state index >= 15 is 0 Å². The van der Waals surface area contributed by atoms with Crippen molar-refractivity contribution in [1.29, 1.82) is 0 Å². The van der Waals surface area contributed by atoms with E-state index in [0.717, 1.165) is 6.42 Å². The molecule has 0 bridgehead atoms. The van der Waals surface area contributed by atoms with Crippen molar-refractivity contribution in [2.45, 2.75) is 24.3 Å². The van der Waals surface area contributed by atoms with Gasteiger partial charge in [-0.1, -0.05) is 17.7 Å². The molecule has 19 heavy (non-hydrogen) atoms. The van der Waals surface area contributed by atoms with Crippen molar-refractivity contribution in [3.63, 3.8) is 0 Å². The number of hydrogen-bond donors (Lipinski definition) is 2. The molecule has 0 spiro atoms. The van der Waals surface area contributed by atoms with Crippen LogP contribution in [0.2, 0.25) is 5.02 Å². The third-order valence-corrected chi connectivity index (χ3v) is 4.38. The van der Waals surface area contributed by atoms with Crippen LogP contribution in [-0.2, 0) is 21.4 Å². The molecule has 0 saturated carbocycles. The quantitative estimate of drug-likeness (QED) is 0.714. The molecule has 0 aliphatic rings. The second-order valence-electron chi connectivity index (χ2n) is 4.01. The molecular formula is C12H18ClNO4S. The molecule has 108 valence electrons. The lowest BCUT2D eigenvalue weighted by Crippen LogP contribution is -2.25. The first kappa shape index (κ1) is 16.4. The van der Waals surface area contributed by atoms with E-state index in [4.69, 9.17) is 21.4 Å². The lowest BCUT2D eigenvalue weighted by molar-refractivity contribution is 0.193. The number of hydrogen-bond acceptors (Lipinski definition) is 4. The van der Waals surface area contributed by atoms with E-state index < -0.39 is 10.0 Å². The van der Waals surface area contributed by atoms with Gasteiger partial charge >= 0.3 is 0 Å². The zero-order chi connectivity index (χ0) is 14.3. The van der Waals surface area contributed by atoms with Crippen LogP contribution in [0.5, 0.6) is 0 Å². The summed E-state index contributed by atoms with van der Waals surface area (Å²) in [5.74, 6) is 0. The van der Waals surface area contributed by atoms with E-state index in [1.54, 1.807) is 7.11 Å². The molecule has 2 N–H and O–H groups in total. The third kappa shape index (κ3) is 5.08. The summed E-state index contributed by atoms with van der Waals surface area (Å²) >= 11 is 5.87. The fourth-order valence-corrected chi connectivity index (χ4v) is 2.89. The first-order chi connectivity index (χ1) is 9.01. The first-order valence-electron chi connectivity index (χ1n) is 5.89. The maximum Gasteiger partial charge on any atom is 0.240 e. The van der Waals surface area contributed by atoms with Crippen molar-refractivity contribution in [2.24, 2.45) is 0 Å². The summed E-state index contributed by atoms with van der Waals surface area (Å²) in [5.41, 5.74) is 0.501. The summed E-state index contributed by atoms with van der Waals surface area (Å²) < 4.78 is 31.3. The highest BCUT2D eigenvalue weighted by Gasteiger charge is 2.14. The zero-order valence-corrected chi connectivity index (χ0v) is 12.3. The van der Waals surface area contributed by atoms with Gasteiger partial charge in [0.1, 0.15) is 0 Å². The van der Waals surface area contributed by atoms with Crippen LogP contribution in [0.3, 0.4) is 0 Å². The molecule has 0 fully saturated rings. The Morgan fingerprint density at radius 1 is 1.37 bits per heavy atom. The summed E-state index contributed by atoms with van der Waals surface area (Å²) in [6, 6.07) is 4.27. The molecule has 0 unspecified atom stereocenters. The largest absolute Gasteiger partial charge is 0.392 e. The van der Waals surface area contributed by atoms with Crippen molar-refractivity contribution in [2.75, 3.05) is 20.3 Å². The van der Waals surface area contributed by atoms with Gasteiger partial charge in [-0.3, -0.25) is 0 Å². The number of halogens is 1. The van der Waals surface area contributed by atoms with Gasteiger partial charge in [-0.15, -0.1) is 0 Å². The van der Waals surface area contributed by atoms with Crippen molar-refractivity contribution in [3.8, 4) is 0 Å². The van der Waals surface area contributed by atoms with Gasteiger partial charge in [-0.25, -0.2) is 13.1 Å². The molecule has 5 nitrogen and oxygen atoms in total. The van der Waals surface area contributed by atoms with Crippen molar-refractivity contribution in [1.82, 2.24) is 4.72 Å². The summed E-state index contributed by atoms with van der Waals surface area (Å²) in [5, 5.41) is 9.22. The highest BCUT2D eigenvalue weighted by atomic mass is 35.5. The average Bonchev–Trinajstić information content (AvgIpc) is 2.38. The lowest BCUT2D eigenvalue weighted by atomic mass is 10.2. The van der Waals surface area contributed by atoms with Crippen LogP contribution >= 0.6 is 11.6 Å². The van der Waals surface area contributed by atoms with Crippen molar-refractivity contribution >= 4 is 21.6 Å². The smallest absolute Gasteiger partial charge is 0.240 e. The number of ether oxygens (including phenoxy) is 1. The molecule has 0 radical (unpaired) electrons. The Hall–Kier alpha value is -0.660. The maximum absolute atomic E-state index is 12.0. The average molecular weight is 308 g/mol. The lowest BCUT2D eigenvalue weighted by Gasteiger charge is -2.08. The van der Waals surface area contributed by atoms with E-state index in [2.05, 4.69) is 4.72 Å². The van der Waals surface area contributed by atoms with Crippen LogP contribution in [0.15, 0.2) is 23.1 Å². The molecule has 0 aromatic heterocycles. The van der Waals surface area contributed by atoms with Crippen LogP contribution < -0.4 is 4.72 Å². The highest BCUT2D eigenvalue weighted by Crippen LogP contribution is 2.20. The predicted octanol–water partition coefficient (Wildman–Crippen LogP) is 1.54. The molecule has 0 aliphatic carbocycles. The Bertz CT molecular complexity index is 504. The second kappa shape index (κ2) is 7.81. The van der Waals surface area contributed by atoms with Gasteiger partial charge in [-0.2, -0.15) is 0 Å². The normalized spacial score (nSPS) is 11.7. The molecule has 0 heterocycles. The fourth-order valence-electron chi connectivity index (χ4n) is 1.48. The van der Waals surface area contributed by atoms with E-state index in [9.17, 15) is 8.42 Å². The fraction of sp³-hybridized carbons (Fsp3) is 0.500. The molecule has 1 rings (SSSR count). The molecule has 0 atom stereocenters. The van der Waals surface area contributed by atoms with Gasteiger partial charge in [0.05, 0.1) is 11.5 Å². The Kier molecular flexibility index (Phi) is 6.74. The number of methoxy groups -OCH3 is 1. The van der Waals surface area contributed by atoms with E-state index in [1.807, 2.05) is 0 Å². The van der Waals surface area contributed by atoms with Crippen LogP contribution in [0.4, 0.5) is 0 Å². The van der Waals surface area contributed by atoms with Gasteiger partial charge in [-0.05, 0) is 30.5 Å². The number of aliphatic hydroxyl groups is 1. The molecule has 1 aromatic carbocycles. The second-order valence-corrected chi connectivity index (χ2v) is 6.18. The molecule has 0 saturated heterocycles. The number of benzene rings is 1. The number of nitrogens with one attached hydrogen (secondary N) is 1. The van der Waals surface area contributed by atoms with Crippen LogP contribution in [0.1, 0.15) is 18.4 Å². The minimum atomic E-state index is -3.55. The number of rotatable bonds is 8. The molecule has 0 aliphatic heterocycles. The van der Waals surface area contributed by atoms with Gasteiger partial charge in [0.25, 0.3) is 0 Å². The monoisotopic (exact) mass is 307 g/mol. The van der Waals surface area contributed by atoms with Crippen LogP contribution in [-0.4, -0.2) is 33.8 Å². The molecule has 0 amide bonds. The predicted molar refractivity (Wildman–Crippen MR) is 73.7 cm³/mol. The first-order valence-corrected chi connectivity index (χ1v) is 7.75. The minimum absolute atomic E-state index is 0.0986. The molecule has 1 aromatic rings. The standard InChI is InChI=1S/C12H18ClNO4S/c1-18-7-3-2-6-14-19(16,17)11-5-4-10(9-15)12(13)8-11/h4-5,8,14-15H,2-3,6-7,9H2,1H3. The highest BCUT2D eigenvalue weighted by molar-refractivity contribution is 7.89. The molecular weight excluding hydrogens is 290 g/mol. The molecule has 7 heteroatoms. The summed E-state index contributed by atoms with van der Waals surface area (Å²) in [4.78, 5) is 0.0986. The van der Waals surface area contributed by atoms with Crippen LogP contribution in [0, 0.1) is 0 Å². The summed E-state index contributed by atoms with van der Waals surface area (Å²) in [7, 11) is -1.95. The summed E-state index contributed by atoms with van der Waals surface area (Å²) in [6.07, 6.45) is 1.50. The SMILES string of the molecule is COCCCCNS(=O)(=O)c1ccc(CO)c(Cl)c1. The number of unbranched alkanes of at least 4 members (excludes halogenated alkanes) is 1. The number of aliphatic hydroxyl groups excluding tert-OH is 1. The third-order valence-electron chi connectivity index (χ3n) is 2.57. The topological polar surface area (TPSA) is 75.6 Å². The Balaban J connectivity index is 2.64. The van der Waals surface area contributed by atoms with Crippen LogP contribution in [0.25, 0.3) is 0 Å². The number of sulfonamides is 1. The summed E-state index contributed by atoms with van der Waals surface area (Å²) in [6.45, 7) is 0.743. The van der Waals surface area contributed by atoms with E-state index in [-0.39, 0.29) is 16.5 Å². The maximum atomic E-state index is 12.0. The Morgan fingerprint density at radius 2 is 2.11 bits per heavy atom. The Morgan fingerprint density at radius 3 is 2.68 bits per heavy atom. The van der Waals surface area contributed by atoms with Gasteiger partial charge < -0.3 is 9.84 Å². The van der Waals surface area contributed by atoms with E-state index in [1.165, 1.54) is 18.2 Å². The van der Waals surface area contributed by atoms with Gasteiger partial charge in [0, 0.05) is 25.3 Å². The van der Waals surface area contributed by atoms with E-state index in [0.29, 0.717) is 25.1 Å². The van der Waals surface area contributed by atoms with Crippen molar-refractivity contribution < 1.29 is 18.3 Å².